The lowest BCUT2D eigenvalue weighted by molar-refractivity contribution is -0.124. The van der Waals surface area contributed by atoms with Crippen molar-refractivity contribution in [2.24, 2.45) is 18.2 Å². The van der Waals surface area contributed by atoms with Crippen molar-refractivity contribution >= 4 is 5.91 Å². The highest BCUT2D eigenvalue weighted by Gasteiger charge is 2.37. The smallest absolute Gasteiger partial charge is 0.220 e. The van der Waals surface area contributed by atoms with E-state index in [1.807, 2.05) is 7.05 Å². The summed E-state index contributed by atoms with van der Waals surface area (Å²) in [5, 5.41) is 7.07. The number of hydrogen-bond acceptors (Lipinski definition) is 4. The van der Waals surface area contributed by atoms with Crippen molar-refractivity contribution in [2.75, 3.05) is 13.1 Å². The van der Waals surface area contributed by atoms with Gasteiger partial charge in [0.1, 0.15) is 6.33 Å². The maximum atomic E-state index is 11.8. The number of nitrogens with zero attached hydrogens (tertiary/aromatic N) is 3. The lowest BCUT2D eigenvalue weighted by Gasteiger charge is -2.40. The van der Waals surface area contributed by atoms with Crippen molar-refractivity contribution in [3.8, 4) is 0 Å². The highest BCUT2D eigenvalue weighted by Crippen LogP contribution is 2.42. The molecule has 1 amide bonds. The van der Waals surface area contributed by atoms with Crippen molar-refractivity contribution in [2.45, 2.75) is 32.1 Å². The van der Waals surface area contributed by atoms with Crippen LogP contribution in [0.15, 0.2) is 6.33 Å². The third-order valence-electron chi connectivity index (χ3n) is 3.70. The molecule has 6 heteroatoms. The largest absolute Gasteiger partial charge is 0.356 e. The quantitative estimate of drug-likeness (QED) is 0.744. The van der Waals surface area contributed by atoms with Gasteiger partial charge in [-0.3, -0.25) is 9.48 Å². The number of amides is 1. The molecule has 0 aromatic carbocycles. The molecule has 18 heavy (non-hydrogen) atoms. The Labute approximate surface area is 107 Å². The molecular formula is C12H21N5O. The molecule has 1 heterocycles. The summed E-state index contributed by atoms with van der Waals surface area (Å²) in [5.74, 6) is 0.853. The fraction of sp³-hybridized carbons (Fsp3) is 0.750. The van der Waals surface area contributed by atoms with E-state index in [4.69, 9.17) is 5.73 Å². The van der Waals surface area contributed by atoms with Crippen molar-refractivity contribution in [3.63, 3.8) is 0 Å². The molecule has 1 aliphatic rings. The summed E-state index contributed by atoms with van der Waals surface area (Å²) in [5.41, 5.74) is 5.81. The number of nitrogens with one attached hydrogen (secondary N) is 1. The molecular weight excluding hydrogens is 230 g/mol. The summed E-state index contributed by atoms with van der Waals surface area (Å²) in [6.07, 6.45) is 6.25. The average Bonchev–Trinajstić information content (AvgIpc) is 2.70. The van der Waals surface area contributed by atoms with E-state index in [0.717, 1.165) is 18.7 Å². The first-order valence-corrected chi connectivity index (χ1v) is 6.45. The van der Waals surface area contributed by atoms with Crippen LogP contribution >= 0.6 is 0 Å². The molecule has 0 spiro atoms. The van der Waals surface area contributed by atoms with Gasteiger partial charge < -0.3 is 11.1 Å². The van der Waals surface area contributed by atoms with Crippen molar-refractivity contribution in [1.29, 1.82) is 0 Å². The first-order chi connectivity index (χ1) is 8.63. The number of aryl methyl sites for hydroxylation is 1. The Hall–Kier alpha value is -1.43. The fourth-order valence-corrected chi connectivity index (χ4v) is 2.35. The van der Waals surface area contributed by atoms with E-state index >= 15 is 0 Å². The maximum Gasteiger partial charge on any atom is 0.220 e. The number of carbonyl (C=O) groups is 1. The third kappa shape index (κ3) is 3.07. The molecule has 3 N–H and O–H groups in total. The first kappa shape index (κ1) is 13.0. The molecule has 0 saturated heterocycles. The van der Waals surface area contributed by atoms with Gasteiger partial charge in [-0.05, 0) is 24.8 Å². The zero-order valence-electron chi connectivity index (χ0n) is 10.9. The minimum Gasteiger partial charge on any atom is -0.356 e. The van der Waals surface area contributed by atoms with Crippen LogP contribution in [0.4, 0.5) is 0 Å². The van der Waals surface area contributed by atoms with Crippen LogP contribution in [0.3, 0.4) is 0 Å². The molecule has 100 valence electrons. The van der Waals surface area contributed by atoms with Gasteiger partial charge in [0, 0.05) is 26.4 Å². The van der Waals surface area contributed by atoms with Gasteiger partial charge in [-0.25, -0.2) is 4.98 Å². The lowest BCUT2D eigenvalue weighted by Crippen LogP contribution is -2.42. The highest BCUT2D eigenvalue weighted by molar-refractivity contribution is 5.76. The maximum absolute atomic E-state index is 11.8. The molecule has 1 aliphatic carbocycles. The van der Waals surface area contributed by atoms with Gasteiger partial charge in [-0.1, -0.05) is 6.42 Å². The summed E-state index contributed by atoms with van der Waals surface area (Å²) in [4.78, 5) is 15.9. The predicted molar refractivity (Wildman–Crippen MR) is 67.7 cm³/mol. The SMILES string of the molecule is Cn1cnc(CCNC(=O)CC2(CN)CCC2)n1. The predicted octanol–water partition coefficient (Wildman–Crippen LogP) is -0.00710. The topological polar surface area (TPSA) is 85.8 Å². The van der Waals surface area contributed by atoms with Gasteiger partial charge in [0.05, 0.1) is 0 Å². The van der Waals surface area contributed by atoms with Crippen LogP contribution in [-0.4, -0.2) is 33.8 Å². The summed E-state index contributed by atoms with van der Waals surface area (Å²) >= 11 is 0. The van der Waals surface area contributed by atoms with Crippen LogP contribution in [0.25, 0.3) is 0 Å². The van der Waals surface area contributed by atoms with Crippen LogP contribution < -0.4 is 11.1 Å². The van der Waals surface area contributed by atoms with E-state index < -0.39 is 0 Å². The van der Waals surface area contributed by atoms with Crippen LogP contribution in [0.2, 0.25) is 0 Å². The second-order valence-electron chi connectivity index (χ2n) is 5.17. The normalized spacial score (nSPS) is 17.2. The van der Waals surface area contributed by atoms with E-state index in [9.17, 15) is 4.79 Å². The lowest BCUT2D eigenvalue weighted by atomic mass is 9.66. The van der Waals surface area contributed by atoms with Crippen LogP contribution in [-0.2, 0) is 18.3 Å². The Morgan fingerprint density at radius 1 is 1.61 bits per heavy atom. The van der Waals surface area contributed by atoms with Gasteiger partial charge in [-0.2, -0.15) is 5.10 Å². The molecule has 2 rings (SSSR count). The summed E-state index contributed by atoms with van der Waals surface area (Å²) in [6, 6.07) is 0. The van der Waals surface area contributed by atoms with E-state index in [0.29, 0.717) is 25.9 Å². The number of carbonyl (C=O) groups excluding carboxylic acids is 1. The van der Waals surface area contributed by atoms with Gasteiger partial charge in [0.2, 0.25) is 5.91 Å². The molecule has 0 radical (unpaired) electrons. The van der Waals surface area contributed by atoms with Gasteiger partial charge in [0.15, 0.2) is 5.82 Å². The third-order valence-corrected chi connectivity index (χ3v) is 3.70. The highest BCUT2D eigenvalue weighted by atomic mass is 16.1. The summed E-state index contributed by atoms with van der Waals surface area (Å²) < 4.78 is 1.66. The Morgan fingerprint density at radius 2 is 2.39 bits per heavy atom. The van der Waals surface area contributed by atoms with Crippen molar-refractivity contribution < 1.29 is 4.79 Å². The molecule has 0 bridgehead atoms. The molecule has 1 aromatic heterocycles. The minimum atomic E-state index is 0.0767. The Bertz CT molecular complexity index is 405. The van der Waals surface area contributed by atoms with Crippen LogP contribution in [0.5, 0.6) is 0 Å². The van der Waals surface area contributed by atoms with E-state index in [-0.39, 0.29) is 11.3 Å². The van der Waals surface area contributed by atoms with Gasteiger partial charge in [-0.15, -0.1) is 0 Å². The van der Waals surface area contributed by atoms with Gasteiger partial charge in [0.25, 0.3) is 0 Å². The molecule has 0 unspecified atom stereocenters. The zero-order chi connectivity index (χ0) is 13.0. The second kappa shape index (κ2) is 5.48. The molecule has 6 nitrogen and oxygen atoms in total. The molecule has 0 atom stereocenters. The van der Waals surface area contributed by atoms with E-state index in [1.54, 1.807) is 11.0 Å². The second-order valence-corrected chi connectivity index (χ2v) is 5.17. The number of nitrogens with two attached hydrogens (primary N) is 1. The molecule has 0 aliphatic heterocycles. The minimum absolute atomic E-state index is 0.0767. The van der Waals surface area contributed by atoms with E-state index in [2.05, 4.69) is 15.4 Å². The van der Waals surface area contributed by atoms with E-state index in [1.165, 1.54) is 6.42 Å². The number of aromatic nitrogens is 3. The fourth-order valence-electron chi connectivity index (χ4n) is 2.35. The standard InChI is InChI=1S/C12H21N5O/c1-17-9-15-10(16-17)3-6-14-11(18)7-12(8-13)4-2-5-12/h9H,2-8,13H2,1H3,(H,14,18). The Balaban J connectivity index is 1.69. The van der Waals surface area contributed by atoms with Gasteiger partial charge >= 0.3 is 0 Å². The Morgan fingerprint density at radius 3 is 2.89 bits per heavy atom. The monoisotopic (exact) mass is 251 g/mol. The summed E-state index contributed by atoms with van der Waals surface area (Å²) in [6.45, 7) is 1.20. The number of rotatable bonds is 6. The van der Waals surface area contributed by atoms with Crippen LogP contribution in [0.1, 0.15) is 31.5 Å². The average molecular weight is 251 g/mol. The molecule has 1 aromatic rings. The van der Waals surface area contributed by atoms with Crippen LogP contribution in [0, 0.1) is 5.41 Å². The first-order valence-electron chi connectivity index (χ1n) is 6.45. The van der Waals surface area contributed by atoms with Crippen molar-refractivity contribution in [1.82, 2.24) is 20.1 Å². The summed E-state index contributed by atoms with van der Waals surface area (Å²) in [7, 11) is 1.83. The zero-order valence-corrected chi connectivity index (χ0v) is 10.9. The number of hydrogen-bond donors (Lipinski definition) is 2. The molecule has 1 saturated carbocycles. The Kier molecular flexibility index (Phi) is 3.96. The van der Waals surface area contributed by atoms with Crippen molar-refractivity contribution in [3.05, 3.63) is 12.2 Å². The molecule has 1 fully saturated rings.